The average molecular weight is 498 g/mol. The van der Waals surface area contributed by atoms with E-state index in [0.29, 0.717) is 17.8 Å². The van der Waals surface area contributed by atoms with E-state index in [4.69, 9.17) is 14.2 Å². The summed E-state index contributed by atoms with van der Waals surface area (Å²) in [6, 6.07) is 11.9. The van der Waals surface area contributed by atoms with Crippen molar-refractivity contribution in [3.05, 3.63) is 72.3 Å². The van der Waals surface area contributed by atoms with E-state index in [0.717, 1.165) is 30.5 Å². The molecule has 0 bridgehead atoms. The van der Waals surface area contributed by atoms with E-state index in [1.165, 1.54) is 12.4 Å². The molecule has 7 nitrogen and oxygen atoms in total. The first-order chi connectivity index (χ1) is 17.2. The molecule has 0 aliphatic heterocycles. The molecular weight excluding hydrogens is 468 g/mol. The Bertz CT molecular complexity index is 1160. The molecule has 0 amide bonds. The highest BCUT2D eigenvalue weighted by Crippen LogP contribution is 2.39. The van der Waals surface area contributed by atoms with Crippen molar-refractivity contribution in [2.24, 2.45) is 0 Å². The highest BCUT2D eigenvalue weighted by atomic mass is 19.3. The van der Waals surface area contributed by atoms with Gasteiger partial charge in [-0.15, -0.1) is 0 Å². The van der Waals surface area contributed by atoms with Gasteiger partial charge in [-0.1, -0.05) is 0 Å². The van der Waals surface area contributed by atoms with Crippen molar-refractivity contribution in [3.8, 4) is 11.5 Å². The van der Waals surface area contributed by atoms with E-state index >= 15 is 0 Å². The van der Waals surface area contributed by atoms with E-state index in [1.54, 1.807) is 48.8 Å². The minimum Gasteiger partial charge on any atom is -0.486 e. The van der Waals surface area contributed by atoms with E-state index in [2.05, 4.69) is 9.97 Å². The zero-order valence-electron chi connectivity index (χ0n) is 20.5. The minimum atomic E-state index is -2.96. The van der Waals surface area contributed by atoms with Crippen LogP contribution in [0.25, 0.3) is 0 Å². The molecule has 9 heteroatoms. The SMILES string of the molecule is CC(C)(C)OC(=O)c1ccc(N(Cc2cncnc2)c2ccc(OC(F)F)c(OC3CCC3)c2)cc1. The highest BCUT2D eigenvalue weighted by molar-refractivity contribution is 5.90. The number of carbonyl (C=O) groups is 1. The third-order valence-electron chi connectivity index (χ3n) is 5.57. The van der Waals surface area contributed by atoms with E-state index in [-0.39, 0.29) is 17.6 Å². The van der Waals surface area contributed by atoms with Crippen LogP contribution in [-0.4, -0.2) is 34.3 Å². The number of halogens is 2. The zero-order chi connectivity index (χ0) is 25.7. The lowest BCUT2D eigenvalue weighted by atomic mass is 9.96. The molecule has 1 aliphatic carbocycles. The molecule has 0 spiro atoms. The van der Waals surface area contributed by atoms with Gasteiger partial charge in [0.2, 0.25) is 0 Å². The fourth-order valence-electron chi connectivity index (χ4n) is 3.66. The second-order valence-electron chi connectivity index (χ2n) is 9.56. The van der Waals surface area contributed by atoms with Crippen LogP contribution in [0.2, 0.25) is 0 Å². The van der Waals surface area contributed by atoms with Gasteiger partial charge in [-0.25, -0.2) is 14.8 Å². The number of alkyl halides is 2. The summed E-state index contributed by atoms with van der Waals surface area (Å²) >= 11 is 0. The highest BCUT2D eigenvalue weighted by Gasteiger charge is 2.24. The smallest absolute Gasteiger partial charge is 0.387 e. The summed E-state index contributed by atoms with van der Waals surface area (Å²) in [5.41, 5.74) is 2.12. The number of hydrogen-bond acceptors (Lipinski definition) is 7. The Morgan fingerprint density at radius 3 is 2.28 bits per heavy atom. The van der Waals surface area contributed by atoms with E-state index < -0.39 is 18.2 Å². The maximum atomic E-state index is 13.0. The quantitative estimate of drug-likeness (QED) is 0.321. The summed E-state index contributed by atoms with van der Waals surface area (Å²) in [7, 11) is 0. The van der Waals surface area contributed by atoms with E-state index in [1.807, 2.05) is 25.7 Å². The van der Waals surface area contributed by atoms with Gasteiger partial charge in [0.1, 0.15) is 11.9 Å². The van der Waals surface area contributed by atoms with Crippen LogP contribution in [0.4, 0.5) is 20.2 Å². The van der Waals surface area contributed by atoms with Crippen LogP contribution >= 0.6 is 0 Å². The molecule has 190 valence electrons. The maximum absolute atomic E-state index is 13.0. The number of ether oxygens (including phenoxy) is 3. The monoisotopic (exact) mass is 497 g/mol. The van der Waals surface area contributed by atoms with Gasteiger partial charge in [-0.05, 0) is 76.4 Å². The molecule has 0 unspecified atom stereocenters. The number of nitrogens with zero attached hydrogens (tertiary/aromatic N) is 3. The van der Waals surface area contributed by atoms with Crippen LogP contribution in [0.15, 0.2) is 61.2 Å². The Morgan fingerprint density at radius 2 is 1.69 bits per heavy atom. The van der Waals surface area contributed by atoms with Crippen molar-refractivity contribution in [1.29, 1.82) is 0 Å². The van der Waals surface area contributed by atoms with Crippen LogP contribution in [0.1, 0.15) is 56.0 Å². The lowest BCUT2D eigenvalue weighted by molar-refractivity contribution is -0.0526. The number of hydrogen-bond donors (Lipinski definition) is 0. The van der Waals surface area contributed by atoms with Gasteiger partial charge in [0.05, 0.1) is 18.2 Å². The average Bonchev–Trinajstić information content (AvgIpc) is 2.80. The molecule has 4 rings (SSSR count). The summed E-state index contributed by atoms with van der Waals surface area (Å²) in [5, 5.41) is 0. The van der Waals surface area contributed by atoms with Crippen LogP contribution in [-0.2, 0) is 11.3 Å². The van der Waals surface area contributed by atoms with Crippen LogP contribution in [0.3, 0.4) is 0 Å². The van der Waals surface area contributed by atoms with Gasteiger partial charge in [-0.3, -0.25) is 0 Å². The molecule has 3 aromatic rings. The third kappa shape index (κ3) is 6.68. The second kappa shape index (κ2) is 10.9. The minimum absolute atomic E-state index is 0.0103. The lowest BCUT2D eigenvalue weighted by Crippen LogP contribution is -2.25. The predicted octanol–water partition coefficient (Wildman–Crippen LogP) is 6.30. The van der Waals surface area contributed by atoms with Crippen molar-refractivity contribution in [2.45, 2.75) is 64.9 Å². The Morgan fingerprint density at radius 1 is 1.03 bits per heavy atom. The molecule has 1 heterocycles. The van der Waals surface area contributed by atoms with Gasteiger partial charge < -0.3 is 19.1 Å². The Hall–Kier alpha value is -3.75. The van der Waals surface area contributed by atoms with Gasteiger partial charge in [0.25, 0.3) is 0 Å². The number of aromatic nitrogens is 2. The summed E-state index contributed by atoms with van der Waals surface area (Å²) in [6.45, 7) is 2.87. The Balaban J connectivity index is 1.67. The fourth-order valence-corrected chi connectivity index (χ4v) is 3.66. The van der Waals surface area contributed by atoms with Gasteiger partial charge >= 0.3 is 12.6 Å². The van der Waals surface area contributed by atoms with Crippen molar-refractivity contribution < 1.29 is 27.8 Å². The molecule has 0 atom stereocenters. The molecule has 36 heavy (non-hydrogen) atoms. The summed E-state index contributed by atoms with van der Waals surface area (Å²) < 4.78 is 42.2. The lowest BCUT2D eigenvalue weighted by Gasteiger charge is -2.29. The fraction of sp³-hybridized carbons (Fsp3) is 0.370. The standard InChI is InChI=1S/C27H29F2N3O4/c1-27(2,3)36-25(33)19-7-9-20(10-8-19)32(16-18-14-30-17-31-15-18)21-11-12-23(35-26(28)29)24(13-21)34-22-5-4-6-22/h7-15,17,22,26H,4-6,16H2,1-3H3. The number of anilines is 2. The van der Waals surface area contributed by atoms with Gasteiger partial charge in [0.15, 0.2) is 11.5 Å². The molecular formula is C27H29F2N3O4. The number of carbonyl (C=O) groups excluding carboxylic acids is 1. The van der Waals surface area contributed by atoms with E-state index in [9.17, 15) is 13.6 Å². The summed E-state index contributed by atoms with van der Waals surface area (Å²) in [4.78, 5) is 22.6. The van der Waals surface area contributed by atoms with Gasteiger partial charge in [-0.2, -0.15) is 8.78 Å². The van der Waals surface area contributed by atoms with Crippen molar-refractivity contribution in [1.82, 2.24) is 9.97 Å². The molecule has 1 aliphatic rings. The van der Waals surface area contributed by atoms with Crippen LogP contribution < -0.4 is 14.4 Å². The molecule has 2 aromatic carbocycles. The molecule has 1 saturated carbocycles. The first kappa shape index (κ1) is 25.3. The van der Waals surface area contributed by atoms with Crippen molar-refractivity contribution in [2.75, 3.05) is 4.90 Å². The van der Waals surface area contributed by atoms with Crippen LogP contribution in [0, 0.1) is 0 Å². The largest absolute Gasteiger partial charge is 0.486 e. The number of rotatable bonds is 9. The number of esters is 1. The maximum Gasteiger partial charge on any atom is 0.387 e. The third-order valence-corrected chi connectivity index (χ3v) is 5.57. The topological polar surface area (TPSA) is 73.8 Å². The Labute approximate surface area is 209 Å². The van der Waals surface area contributed by atoms with Crippen LogP contribution in [0.5, 0.6) is 11.5 Å². The molecule has 1 aromatic heterocycles. The molecule has 0 saturated heterocycles. The molecule has 0 N–H and O–H groups in total. The number of benzene rings is 2. The second-order valence-corrected chi connectivity index (χ2v) is 9.56. The summed E-state index contributed by atoms with van der Waals surface area (Å²) in [6.07, 6.45) is 7.61. The first-order valence-corrected chi connectivity index (χ1v) is 11.8. The summed E-state index contributed by atoms with van der Waals surface area (Å²) in [5.74, 6) is -0.164. The zero-order valence-corrected chi connectivity index (χ0v) is 20.5. The van der Waals surface area contributed by atoms with Crippen molar-refractivity contribution in [3.63, 3.8) is 0 Å². The molecule has 0 radical (unpaired) electrons. The molecule has 1 fully saturated rings. The predicted molar refractivity (Wildman–Crippen MR) is 131 cm³/mol. The van der Waals surface area contributed by atoms with Gasteiger partial charge in [0, 0.05) is 35.4 Å². The first-order valence-electron chi connectivity index (χ1n) is 11.8. The Kier molecular flexibility index (Phi) is 7.67. The normalized spacial score (nSPS) is 13.7. The van der Waals surface area contributed by atoms with Crippen molar-refractivity contribution >= 4 is 17.3 Å².